The highest BCUT2D eigenvalue weighted by Gasteiger charge is 2.46. The van der Waals surface area contributed by atoms with Crippen molar-refractivity contribution in [3.63, 3.8) is 0 Å². The summed E-state index contributed by atoms with van der Waals surface area (Å²) in [4.78, 5) is 0. The zero-order valence-electron chi connectivity index (χ0n) is 20.9. The Morgan fingerprint density at radius 3 is 1.94 bits per heavy atom. The molecule has 0 heterocycles. The summed E-state index contributed by atoms with van der Waals surface area (Å²) in [5.41, 5.74) is 11.4. The van der Waals surface area contributed by atoms with Gasteiger partial charge >= 0.3 is 0 Å². The van der Waals surface area contributed by atoms with Gasteiger partial charge in [0, 0.05) is 4.47 Å². The minimum atomic E-state index is -0.391. The first-order valence-electron chi connectivity index (χ1n) is 12.6. The average molecular weight is 530 g/mol. The van der Waals surface area contributed by atoms with Crippen LogP contribution < -0.4 is 0 Å². The Bertz CT molecular complexity index is 1560. The predicted octanol–water partition coefficient (Wildman–Crippen LogP) is 9.78. The minimum absolute atomic E-state index is 0.141. The van der Waals surface area contributed by atoms with E-state index in [2.05, 4.69) is 158 Å². The Kier molecular flexibility index (Phi) is 5.50. The van der Waals surface area contributed by atoms with Crippen molar-refractivity contribution in [3.8, 4) is 22.3 Å². The number of hydrogen-bond donors (Lipinski definition) is 0. The van der Waals surface area contributed by atoms with Crippen molar-refractivity contribution < 1.29 is 0 Å². The molecule has 5 aromatic rings. The van der Waals surface area contributed by atoms with Crippen molar-refractivity contribution in [2.75, 3.05) is 0 Å². The van der Waals surface area contributed by atoms with Gasteiger partial charge in [-0.1, -0.05) is 140 Å². The fraction of sp³-hybridized carbons (Fsp3) is 0.143. The number of fused-ring (bicyclic) bond motifs is 3. The zero-order valence-corrected chi connectivity index (χ0v) is 22.5. The molecule has 0 amide bonds. The van der Waals surface area contributed by atoms with Crippen molar-refractivity contribution in [1.82, 2.24) is 0 Å². The highest BCUT2D eigenvalue weighted by atomic mass is 79.9. The lowest BCUT2D eigenvalue weighted by Crippen LogP contribution is -2.28. The smallest absolute Gasteiger partial charge is 0.0622 e. The normalized spacial score (nSPS) is 16.4. The van der Waals surface area contributed by atoms with Gasteiger partial charge in [0.25, 0.3) is 0 Å². The highest BCUT2D eigenvalue weighted by molar-refractivity contribution is 9.10. The van der Waals surface area contributed by atoms with E-state index in [1.807, 2.05) is 0 Å². The molecule has 0 saturated heterocycles. The van der Waals surface area contributed by atoms with Gasteiger partial charge in [-0.3, -0.25) is 0 Å². The summed E-state index contributed by atoms with van der Waals surface area (Å²) in [6, 6.07) is 44.8. The molecule has 0 fully saturated rings. The zero-order chi connectivity index (χ0) is 24.9. The Balaban J connectivity index is 1.63. The van der Waals surface area contributed by atoms with E-state index in [4.69, 9.17) is 0 Å². The topological polar surface area (TPSA) is 0 Å². The summed E-state index contributed by atoms with van der Waals surface area (Å²) in [7, 11) is 0. The number of hydrogen-bond acceptors (Lipinski definition) is 0. The lowest BCUT2D eigenvalue weighted by molar-refractivity contribution is 0.590. The van der Waals surface area contributed by atoms with Gasteiger partial charge in [-0.25, -0.2) is 0 Å². The Labute approximate surface area is 222 Å². The average Bonchev–Trinajstić information content (AvgIpc) is 3.19. The van der Waals surface area contributed by atoms with Crippen LogP contribution in [0.15, 0.2) is 126 Å². The lowest BCUT2D eigenvalue weighted by atomic mass is 9.67. The first kappa shape index (κ1) is 23.0. The van der Waals surface area contributed by atoms with Gasteiger partial charge < -0.3 is 0 Å². The SMILES string of the molecule is CC(C)(C)c1ccc(-c2cccc(C3(c4ccccc4)c4ccccc4-c4ccc(Br)cc43)c2)cc1. The van der Waals surface area contributed by atoms with E-state index in [-0.39, 0.29) is 5.41 Å². The molecule has 0 saturated carbocycles. The number of halogens is 1. The van der Waals surface area contributed by atoms with Crippen LogP contribution in [0.25, 0.3) is 22.3 Å². The first-order valence-corrected chi connectivity index (χ1v) is 13.4. The van der Waals surface area contributed by atoms with Crippen LogP contribution in [0.1, 0.15) is 48.6 Å². The van der Waals surface area contributed by atoms with Gasteiger partial charge in [-0.05, 0) is 73.7 Å². The Morgan fingerprint density at radius 2 is 1.19 bits per heavy atom. The summed E-state index contributed by atoms with van der Waals surface area (Å²) in [5, 5.41) is 0. The molecule has 1 unspecified atom stereocenters. The van der Waals surface area contributed by atoms with Crippen molar-refractivity contribution in [2.45, 2.75) is 31.6 Å². The van der Waals surface area contributed by atoms with Gasteiger partial charge in [0.05, 0.1) is 5.41 Å². The second kappa shape index (κ2) is 8.61. The van der Waals surface area contributed by atoms with Crippen LogP contribution in [0, 0.1) is 0 Å². The second-order valence-corrected chi connectivity index (χ2v) is 11.7. The molecular weight excluding hydrogens is 500 g/mol. The summed E-state index contributed by atoms with van der Waals surface area (Å²) in [6.07, 6.45) is 0. The summed E-state index contributed by atoms with van der Waals surface area (Å²) >= 11 is 3.78. The van der Waals surface area contributed by atoms with E-state index in [0.29, 0.717) is 0 Å². The molecule has 0 radical (unpaired) electrons. The van der Waals surface area contributed by atoms with E-state index < -0.39 is 5.41 Å². The van der Waals surface area contributed by atoms with Gasteiger partial charge in [0.15, 0.2) is 0 Å². The molecule has 1 aliphatic carbocycles. The third kappa shape index (κ3) is 3.57. The van der Waals surface area contributed by atoms with E-state index in [9.17, 15) is 0 Å². The maximum Gasteiger partial charge on any atom is 0.0714 e. The van der Waals surface area contributed by atoms with Crippen molar-refractivity contribution in [3.05, 3.63) is 154 Å². The third-order valence-electron chi connectivity index (χ3n) is 7.59. The van der Waals surface area contributed by atoms with Crippen LogP contribution in [0.2, 0.25) is 0 Å². The quantitative estimate of drug-likeness (QED) is 0.214. The number of rotatable bonds is 3. The molecule has 1 atom stereocenters. The van der Waals surface area contributed by atoms with Crippen LogP contribution in [-0.4, -0.2) is 0 Å². The van der Waals surface area contributed by atoms with Crippen LogP contribution in [0.5, 0.6) is 0 Å². The van der Waals surface area contributed by atoms with Crippen LogP contribution in [0.3, 0.4) is 0 Å². The molecule has 0 aromatic heterocycles. The molecule has 0 bridgehead atoms. The standard InChI is InChI=1S/C35H29Br/c1-34(2,3)26-18-16-24(17-19-26)25-10-9-13-28(22-25)35(27-11-5-4-6-12-27)32-15-8-7-14-30(32)31-21-20-29(36)23-33(31)35/h4-23H,1-3H3. The largest absolute Gasteiger partial charge is 0.0714 e. The van der Waals surface area contributed by atoms with E-state index >= 15 is 0 Å². The van der Waals surface area contributed by atoms with Crippen LogP contribution in [0.4, 0.5) is 0 Å². The summed E-state index contributed by atoms with van der Waals surface area (Å²) in [6.45, 7) is 6.79. The minimum Gasteiger partial charge on any atom is -0.0622 e. The fourth-order valence-electron chi connectivity index (χ4n) is 5.82. The summed E-state index contributed by atoms with van der Waals surface area (Å²) < 4.78 is 1.10. The molecule has 176 valence electrons. The van der Waals surface area contributed by atoms with Crippen molar-refractivity contribution >= 4 is 15.9 Å². The maximum absolute atomic E-state index is 3.78. The molecule has 0 spiro atoms. The third-order valence-corrected chi connectivity index (χ3v) is 8.09. The fourth-order valence-corrected chi connectivity index (χ4v) is 6.18. The Morgan fingerprint density at radius 1 is 0.528 bits per heavy atom. The molecule has 0 aliphatic heterocycles. The van der Waals surface area contributed by atoms with Crippen molar-refractivity contribution in [2.24, 2.45) is 0 Å². The number of benzene rings is 5. The Hall–Kier alpha value is -3.42. The first-order chi connectivity index (χ1) is 17.4. The van der Waals surface area contributed by atoms with Crippen LogP contribution in [-0.2, 0) is 10.8 Å². The van der Waals surface area contributed by atoms with Gasteiger partial charge in [0.2, 0.25) is 0 Å². The summed E-state index contributed by atoms with van der Waals surface area (Å²) in [5.74, 6) is 0. The molecule has 0 nitrogen and oxygen atoms in total. The van der Waals surface area contributed by atoms with E-state index in [1.165, 1.54) is 50.1 Å². The molecule has 36 heavy (non-hydrogen) atoms. The molecule has 1 aliphatic rings. The van der Waals surface area contributed by atoms with E-state index in [1.54, 1.807) is 0 Å². The van der Waals surface area contributed by atoms with Gasteiger partial charge in [0.1, 0.15) is 0 Å². The van der Waals surface area contributed by atoms with Crippen LogP contribution >= 0.6 is 15.9 Å². The molecule has 0 N–H and O–H groups in total. The monoisotopic (exact) mass is 528 g/mol. The molecule has 6 rings (SSSR count). The molecule has 5 aromatic carbocycles. The van der Waals surface area contributed by atoms with E-state index in [0.717, 1.165) is 4.47 Å². The van der Waals surface area contributed by atoms with Crippen molar-refractivity contribution in [1.29, 1.82) is 0 Å². The van der Waals surface area contributed by atoms with Gasteiger partial charge in [-0.2, -0.15) is 0 Å². The van der Waals surface area contributed by atoms with Gasteiger partial charge in [-0.15, -0.1) is 0 Å². The molecule has 1 heteroatoms. The maximum atomic E-state index is 3.78. The molecular formula is C35H29Br. The second-order valence-electron chi connectivity index (χ2n) is 10.8. The highest BCUT2D eigenvalue weighted by Crippen LogP contribution is 2.56. The predicted molar refractivity (Wildman–Crippen MR) is 156 cm³/mol. The lowest BCUT2D eigenvalue weighted by Gasteiger charge is -2.34.